The molecule has 1 aromatic carbocycles. The molecule has 1 aromatic rings. The topological polar surface area (TPSA) is 49.4 Å². The van der Waals surface area contributed by atoms with Gasteiger partial charge in [0.05, 0.1) is 5.92 Å². The van der Waals surface area contributed by atoms with Gasteiger partial charge >= 0.3 is 0 Å². The molecule has 1 N–H and O–H groups in total. The van der Waals surface area contributed by atoms with E-state index in [4.69, 9.17) is 0 Å². The third-order valence-electron chi connectivity index (χ3n) is 3.16. The van der Waals surface area contributed by atoms with Gasteiger partial charge in [-0.1, -0.05) is 18.2 Å². The molecule has 1 atom stereocenters. The Morgan fingerprint density at radius 1 is 1.32 bits per heavy atom. The largest absolute Gasteiger partial charge is 0.383 e. The summed E-state index contributed by atoms with van der Waals surface area (Å²) in [7, 11) is 3.81. The number of hydrogen-bond acceptors (Lipinski definition) is 4. The molecule has 0 fully saturated rings. The molecule has 100 valence electrons. The van der Waals surface area contributed by atoms with Crippen LogP contribution in [0.1, 0.15) is 18.4 Å². The van der Waals surface area contributed by atoms with Gasteiger partial charge in [-0.25, -0.2) is 0 Å². The lowest BCUT2D eigenvalue weighted by atomic mass is 9.82. The summed E-state index contributed by atoms with van der Waals surface area (Å²) in [5, 5.41) is 3.28. The van der Waals surface area contributed by atoms with Crippen LogP contribution >= 0.6 is 0 Å². The third kappa shape index (κ3) is 2.67. The molecule has 4 heteroatoms. The van der Waals surface area contributed by atoms with Gasteiger partial charge in [-0.15, -0.1) is 0 Å². The average molecular weight is 258 g/mol. The summed E-state index contributed by atoms with van der Waals surface area (Å²) >= 11 is 0. The van der Waals surface area contributed by atoms with Crippen molar-refractivity contribution in [2.75, 3.05) is 26.0 Å². The summed E-state index contributed by atoms with van der Waals surface area (Å²) in [6.07, 6.45) is 1.91. The first-order chi connectivity index (χ1) is 9.00. The normalized spacial score (nSPS) is 19.5. The Morgan fingerprint density at radius 3 is 2.63 bits per heavy atom. The second-order valence-corrected chi connectivity index (χ2v) is 4.96. The number of fused-ring (bicyclic) bond motifs is 1. The van der Waals surface area contributed by atoms with Gasteiger partial charge in [-0.05, 0) is 17.2 Å². The van der Waals surface area contributed by atoms with Crippen molar-refractivity contribution in [3.8, 4) is 0 Å². The fourth-order valence-corrected chi connectivity index (χ4v) is 2.37. The summed E-state index contributed by atoms with van der Waals surface area (Å²) in [5.74, 6) is -1.20. The van der Waals surface area contributed by atoms with Gasteiger partial charge < -0.3 is 10.2 Å². The van der Waals surface area contributed by atoms with E-state index in [1.165, 1.54) is 6.92 Å². The first-order valence-corrected chi connectivity index (χ1v) is 6.25. The molecule has 1 unspecified atom stereocenters. The molecule has 0 bridgehead atoms. The standard InChI is InChI=1S/C15H18N2O2/c1-10(18)15(19)14-11(9-17(2)3)8-16-13-7-5-4-6-12(13)14/h4-7,9,14,16H,8H2,1-3H3/b11-9-. The number of nitrogens with zero attached hydrogens (tertiary/aromatic N) is 1. The molecule has 0 aliphatic carbocycles. The van der Waals surface area contributed by atoms with Crippen LogP contribution in [0.2, 0.25) is 0 Å². The van der Waals surface area contributed by atoms with Crippen molar-refractivity contribution in [2.45, 2.75) is 12.8 Å². The molecule has 1 aliphatic heterocycles. The predicted octanol–water partition coefficient (Wildman–Crippen LogP) is 1.80. The summed E-state index contributed by atoms with van der Waals surface area (Å²) in [4.78, 5) is 25.6. The monoisotopic (exact) mass is 258 g/mol. The van der Waals surface area contributed by atoms with Crippen LogP contribution in [0.5, 0.6) is 0 Å². The molecular weight excluding hydrogens is 240 g/mol. The smallest absolute Gasteiger partial charge is 0.209 e. The van der Waals surface area contributed by atoms with Gasteiger partial charge in [-0.2, -0.15) is 0 Å². The molecule has 1 aliphatic rings. The van der Waals surface area contributed by atoms with E-state index in [0.29, 0.717) is 6.54 Å². The van der Waals surface area contributed by atoms with Crippen LogP contribution in [-0.4, -0.2) is 37.1 Å². The Bertz CT molecular complexity index is 547. The van der Waals surface area contributed by atoms with Gasteiger partial charge in [0.2, 0.25) is 5.78 Å². The highest BCUT2D eigenvalue weighted by atomic mass is 16.2. The quantitative estimate of drug-likeness (QED) is 0.840. The minimum atomic E-state index is -0.461. The molecule has 1 heterocycles. The maximum absolute atomic E-state index is 12.2. The van der Waals surface area contributed by atoms with E-state index < -0.39 is 11.7 Å². The molecule has 0 spiro atoms. The number of carbonyl (C=O) groups is 2. The maximum atomic E-state index is 12.2. The van der Waals surface area contributed by atoms with Gasteiger partial charge in [0.15, 0.2) is 5.78 Å². The number of benzene rings is 1. The lowest BCUT2D eigenvalue weighted by Gasteiger charge is -2.28. The van der Waals surface area contributed by atoms with Crippen molar-refractivity contribution >= 4 is 17.3 Å². The van der Waals surface area contributed by atoms with E-state index in [1.54, 1.807) is 0 Å². The number of anilines is 1. The van der Waals surface area contributed by atoms with E-state index in [0.717, 1.165) is 16.8 Å². The van der Waals surface area contributed by atoms with Crippen molar-refractivity contribution in [3.63, 3.8) is 0 Å². The Balaban J connectivity index is 2.51. The van der Waals surface area contributed by atoms with E-state index in [9.17, 15) is 9.59 Å². The highest BCUT2D eigenvalue weighted by Gasteiger charge is 2.32. The van der Waals surface area contributed by atoms with Gasteiger partial charge in [0.1, 0.15) is 0 Å². The van der Waals surface area contributed by atoms with Crippen molar-refractivity contribution in [2.24, 2.45) is 0 Å². The molecule has 4 nitrogen and oxygen atoms in total. The second-order valence-electron chi connectivity index (χ2n) is 4.96. The fraction of sp³-hybridized carbons (Fsp3) is 0.333. The summed E-state index contributed by atoms with van der Waals surface area (Å²) in [5.41, 5.74) is 2.73. The Labute approximate surface area is 113 Å². The second kappa shape index (κ2) is 5.26. The van der Waals surface area contributed by atoms with E-state index in [2.05, 4.69) is 5.32 Å². The van der Waals surface area contributed by atoms with Crippen LogP contribution in [0, 0.1) is 0 Å². The van der Waals surface area contributed by atoms with E-state index in [1.807, 2.05) is 49.5 Å². The van der Waals surface area contributed by atoms with Gasteiger partial charge in [-0.3, -0.25) is 9.59 Å². The van der Waals surface area contributed by atoms with Crippen LogP contribution in [0.4, 0.5) is 5.69 Å². The molecule has 19 heavy (non-hydrogen) atoms. The molecule has 0 aromatic heterocycles. The lowest BCUT2D eigenvalue weighted by molar-refractivity contribution is -0.135. The molecule has 2 rings (SSSR count). The van der Waals surface area contributed by atoms with Crippen LogP contribution in [-0.2, 0) is 9.59 Å². The zero-order valence-corrected chi connectivity index (χ0v) is 11.4. The average Bonchev–Trinajstić information content (AvgIpc) is 2.37. The minimum Gasteiger partial charge on any atom is -0.383 e. The molecule has 0 saturated heterocycles. The van der Waals surface area contributed by atoms with Crippen LogP contribution in [0.25, 0.3) is 0 Å². The molecule has 0 amide bonds. The number of nitrogens with one attached hydrogen (secondary N) is 1. The zero-order valence-electron chi connectivity index (χ0n) is 11.4. The van der Waals surface area contributed by atoms with Crippen molar-refractivity contribution in [3.05, 3.63) is 41.6 Å². The Hall–Kier alpha value is -2.10. The van der Waals surface area contributed by atoms with Crippen molar-refractivity contribution in [1.82, 2.24) is 4.90 Å². The highest BCUT2D eigenvalue weighted by Crippen LogP contribution is 2.35. The zero-order chi connectivity index (χ0) is 14.0. The minimum absolute atomic E-state index is 0.345. The van der Waals surface area contributed by atoms with E-state index in [-0.39, 0.29) is 5.78 Å². The SMILES string of the molecule is CC(=O)C(=O)C1/C(=C\N(C)C)CNc2ccccc21. The number of para-hydroxylation sites is 1. The Morgan fingerprint density at radius 2 is 2.00 bits per heavy atom. The summed E-state index contributed by atoms with van der Waals surface area (Å²) in [6, 6.07) is 7.64. The van der Waals surface area contributed by atoms with Crippen molar-refractivity contribution in [1.29, 1.82) is 0 Å². The number of ketones is 2. The summed E-state index contributed by atoms with van der Waals surface area (Å²) < 4.78 is 0. The molecule has 0 radical (unpaired) electrons. The third-order valence-corrected chi connectivity index (χ3v) is 3.16. The van der Waals surface area contributed by atoms with Gasteiger partial charge in [0.25, 0.3) is 0 Å². The van der Waals surface area contributed by atoms with E-state index >= 15 is 0 Å². The number of carbonyl (C=O) groups excluding carboxylic acids is 2. The maximum Gasteiger partial charge on any atom is 0.209 e. The first kappa shape index (κ1) is 13.3. The first-order valence-electron chi connectivity index (χ1n) is 6.25. The Kier molecular flexibility index (Phi) is 3.69. The summed E-state index contributed by atoms with van der Waals surface area (Å²) in [6.45, 7) is 1.92. The predicted molar refractivity (Wildman–Crippen MR) is 75.1 cm³/mol. The molecular formula is C15H18N2O2. The fourth-order valence-electron chi connectivity index (χ4n) is 2.37. The highest BCUT2D eigenvalue weighted by molar-refractivity contribution is 6.39. The molecule has 0 saturated carbocycles. The van der Waals surface area contributed by atoms with Crippen LogP contribution < -0.4 is 5.32 Å². The van der Waals surface area contributed by atoms with Gasteiger partial charge in [0, 0.05) is 39.5 Å². The number of hydrogen-bond donors (Lipinski definition) is 1. The van der Waals surface area contributed by atoms with Crippen LogP contribution in [0.3, 0.4) is 0 Å². The number of Topliss-reactive ketones (excluding diaryl/α,β-unsaturated/α-hetero) is 2. The van der Waals surface area contributed by atoms with Crippen molar-refractivity contribution < 1.29 is 9.59 Å². The van der Waals surface area contributed by atoms with Crippen LogP contribution in [0.15, 0.2) is 36.0 Å². The number of rotatable bonds is 3. The lowest BCUT2D eigenvalue weighted by Crippen LogP contribution is -2.30.